The van der Waals surface area contributed by atoms with Crippen LogP contribution >= 0.6 is 11.6 Å². The van der Waals surface area contributed by atoms with E-state index in [1.807, 2.05) is 25.1 Å². The first-order chi connectivity index (χ1) is 11.5. The Bertz CT molecular complexity index is 793. The van der Waals surface area contributed by atoms with Crippen molar-refractivity contribution in [1.82, 2.24) is 5.32 Å². The number of fused-ring (bicyclic) bond motifs is 3. The van der Waals surface area contributed by atoms with Gasteiger partial charge in [-0.25, -0.2) is 4.39 Å². The van der Waals surface area contributed by atoms with Crippen LogP contribution in [0.15, 0.2) is 30.3 Å². The molecule has 4 rings (SSSR count). The van der Waals surface area contributed by atoms with Gasteiger partial charge in [-0.15, -0.1) is 0 Å². The molecule has 0 aliphatic carbocycles. The smallest absolute Gasteiger partial charge is 0.146 e. The molecule has 2 atom stereocenters. The van der Waals surface area contributed by atoms with Crippen LogP contribution in [0.2, 0.25) is 5.02 Å². The lowest BCUT2D eigenvalue weighted by Crippen LogP contribution is -2.37. The van der Waals surface area contributed by atoms with Crippen LogP contribution in [0.1, 0.15) is 17.9 Å². The highest BCUT2D eigenvalue weighted by Crippen LogP contribution is 2.48. The van der Waals surface area contributed by atoms with Gasteiger partial charge in [-0.3, -0.25) is 0 Å². The third-order valence-electron chi connectivity index (χ3n) is 4.91. The summed E-state index contributed by atoms with van der Waals surface area (Å²) in [7, 11) is 3.97. The lowest BCUT2D eigenvalue weighted by atomic mass is 9.88. The Labute approximate surface area is 146 Å². The number of anilines is 1. The first-order valence-electron chi connectivity index (χ1n) is 8.22. The maximum Gasteiger partial charge on any atom is 0.146 e. The number of nitrogens with zero attached hydrogens (tertiary/aromatic N) is 1. The summed E-state index contributed by atoms with van der Waals surface area (Å²) in [5.74, 6) is 0.962. The maximum atomic E-state index is 14.4. The van der Waals surface area contributed by atoms with Crippen LogP contribution < -0.4 is 15.0 Å². The van der Waals surface area contributed by atoms with Crippen molar-refractivity contribution in [2.75, 3.05) is 32.1 Å². The average Bonchev–Trinajstić information content (AvgIpc) is 2.92. The number of hydrogen-bond acceptors (Lipinski definition) is 3. The summed E-state index contributed by atoms with van der Waals surface area (Å²) in [5, 5.41) is 3.85. The summed E-state index contributed by atoms with van der Waals surface area (Å²) in [6.07, 6.45) is 1.21. The third-order valence-corrected chi connectivity index (χ3v) is 5.14. The number of halogens is 2. The Balaban J connectivity index is 1.87. The molecule has 5 heteroatoms. The molecule has 0 amide bonds. The SMILES string of the molecule is CN(C)c1cc(-c2ccc(Cl)cc2F)cc2c1O[C@H]1CCNC[C@@H]21. The molecule has 1 fully saturated rings. The summed E-state index contributed by atoms with van der Waals surface area (Å²) in [5.41, 5.74) is 3.59. The molecule has 0 aromatic heterocycles. The van der Waals surface area contributed by atoms with Gasteiger partial charge in [0.1, 0.15) is 17.7 Å². The van der Waals surface area contributed by atoms with Crippen LogP contribution in [0.3, 0.4) is 0 Å². The monoisotopic (exact) mass is 346 g/mol. The number of piperidine rings is 1. The zero-order valence-corrected chi connectivity index (χ0v) is 14.5. The first kappa shape index (κ1) is 15.7. The highest BCUT2D eigenvalue weighted by molar-refractivity contribution is 6.30. The molecular weight excluding hydrogens is 327 g/mol. The largest absolute Gasteiger partial charge is 0.487 e. The molecular formula is C19H20ClFN2O. The van der Waals surface area contributed by atoms with Crippen molar-refractivity contribution in [3.05, 3.63) is 46.7 Å². The number of ether oxygens (including phenoxy) is 1. The predicted octanol–water partition coefficient (Wildman–Crippen LogP) is 4.05. The van der Waals surface area contributed by atoms with Crippen molar-refractivity contribution >= 4 is 17.3 Å². The van der Waals surface area contributed by atoms with Gasteiger partial charge in [-0.2, -0.15) is 0 Å². The van der Waals surface area contributed by atoms with Gasteiger partial charge in [0.15, 0.2) is 0 Å². The standard InChI is InChI=1S/C19H20ClFN2O/c1-23(2)17-8-11(13-4-3-12(20)9-16(13)21)7-14-15-10-22-6-5-18(15)24-19(14)17/h3-4,7-9,15,18,22H,5-6,10H2,1-2H3/t15-,18-/m0/s1. The van der Waals surface area contributed by atoms with Crippen LogP contribution in [-0.2, 0) is 0 Å². The number of rotatable bonds is 2. The fraction of sp³-hybridized carbons (Fsp3) is 0.368. The number of hydrogen-bond donors (Lipinski definition) is 1. The Kier molecular flexibility index (Phi) is 3.89. The molecule has 3 nitrogen and oxygen atoms in total. The van der Waals surface area contributed by atoms with E-state index in [2.05, 4.69) is 11.4 Å². The van der Waals surface area contributed by atoms with Crippen LogP contribution in [0.4, 0.5) is 10.1 Å². The minimum Gasteiger partial charge on any atom is -0.487 e. The molecule has 0 bridgehead atoms. The lowest BCUT2D eigenvalue weighted by Gasteiger charge is -2.24. The van der Waals surface area contributed by atoms with E-state index in [-0.39, 0.29) is 11.9 Å². The van der Waals surface area contributed by atoms with Gasteiger partial charge in [-0.1, -0.05) is 11.6 Å². The zero-order valence-electron chi connectivity index (χ0n) is 13.8. The second-order valence-corrected chi connectivity index (χ2v) is 7.12. The van der Waals surface area contributed by atoms with E-state index in [1.54, 1.807) is 12.1 Å². The van der Waals surface area contributed by atoms with Crippen LogP contribution in [0.5, 0.6) is 5.75 Å². The molecule has 0 spiro atoms. The summed E-state index contributed by atoms with van der Waals surface area (Å²) in [4.78, 5) is 2.03. The van der Waals surface area contributed by atoms with Crippen LogP contribution in [-0.4, -0.2) is 33.3 Å². The van der Waals surface area contributed by atoms with E-state index < -0.39 is 0 Å². The quantitative estimate of drug-likeness (QED) is 0.887. The predicted molar refractivity (Wildman–Crippen MR) is 95.8 cm³/mol. The normalized spacial score (nSPS) is 21.8. The molecule has 2 heterocycles. The number of benzene rings is 2. The van der Waals surface area contributed by atoms with Crippen molar-refractivity contribution in [1.29, 1.82) is 0 Å². The third kappa shape index (κ3) is 2.54. The molecule has 2 aromatic rings. The topological polar surface area (TPSA) is 24.5 Å². The van der Waals surface area contributed by atoms with E-state index in [0.717, 1.165) is 36.5 Å². The van der Waals surface area contributed by atoms with Gasteiger partial charge in [0.25, 0.3) is 0 Å². The van der Waals surface area contributed by atoms with Crippen molar-refractivity contribution in [2.24, 2.45) is 0 Å². The van der Waals surface area contributed by atoms with Crippen molar-refractivity contribution < 1.29 is 9.13 Å². The average molecular weight is 347 g/mol. The van der Waals surface area contributed by atoms with Crippen LogP contribution in [0.25, 0.3) is 11.1 Å². The molecule has 0 saturated carbocycles. The Morgan fingerprint density at radius 1 is 1.25 bits per heavy atom. The highest BCUT2D eigenvalue weighted by atomic mass is 35.5. The minimum absolute atomic E-state index is 0.213. The highest BCUT2D eigenvalue weighted by Gasteiger charge is 2.38. The molecule has 0 radical (unpaired) electrons. The summed E-state index contributed by atoms with van der Waals surface area (Å²) in [6, 6.07) is 8.90. The second-order valence-electron chi connectivity index (χ2n) is 6.69. The molecule has 1 saturated heterocycles. The van der Waals surface area contributed by atoms with Crippen molar-refractivity contribution in [2.45, 2.75) is 18.4 Å². The van der Waals surface area contributed by atoms with E-state index in [1.165, 1.54) is 11.6 Å². The Morgan fingerprint density at radius 3 is 2.83 bits per heavy atom. The van der Waals surface area contributed by atoms with Crippen molar-refractivity contribution in [3.8, 4) is 16.9 Å². The maximum absolute atomic E-state index is 14.4. The van der Waals surface area contributed by atoms with Gasteiger partial charge < -0.3 is 15.0 Å². The Morgan fingerprint density at radius 2 is 2.08 bits per heavy atom. The van der Waals surface area contributed by atoms with E-state index in [0.29, 0.717) is 16.5 Å². The van der Waals surface area contributed by atoms with E-state index >= 15 is 0 Å². The molecule has 2 aliphatic rings. The van der Waals surface area contributed by atoms with Gasteiger partial charge in [0.2, 0.25) is 0 Å². The fourth-order valence-electron chi connectivity index (χ4n) is 3.69. The van der Waals surface area contributed by atoms with Crippen LogP contribution in [0, 0.1) is 5.82 Å². The van der Waals surface area contributed by atoms with E-state index in [9.17, 15) is 4.39 Å². The number of nitrogens with one attached hydrogen (secondary N) is 1. The molecule has 0 unspecified atom stereocenters. The molecule has 126 valence electrons. The van der Waals surface area contributed by atoms with Gasteiger partial charge in [0.05, 0.1) is 5.69 Å². The first-order valence-corrected chi connectivity index (χ1v) is 8.60. The summed E-state index contributed by atoms with van der Waals surface area (Å²) in [6.45, 7) is 1.88. The minimum atomic E-state index is -0.301. The van der Waals surface area contributed by atoms with Gasteiger partial charge >= 0.3 is 0 Å². The molecule has 24 heavy (non-hydrogen) atoms. The summed E-state index contributed by atoms with van der Waals surface area (Å²) < 4.78 is 20.7. The molecule has 2 aromatic carbocycles. The van der Waals surface area contributed by atoms with Crippen molar-refractivity contribution in [3.63, 3.8) is 0 Å². The summed E-state index contributed by atoms with van der Waals surface area (Å²) >= 11 is 5.89. The Hall–Kier alpha value is -1.78. The molecule has 1 N–H and O–H groups in total. The van der Waals surface area contributed by atoms with E-state index in [4.69, 9.17) is 16.3 Å². The van der Waals surface area contributed by atoms with Gasteiger partial charge in [0, 0.05) is 42.7 Å². The zero-order chi connectivity index (χ0) is 16.8. The van der Waals surface area contributed by atoms with Gasteiger partial charge in [-0.05, 0) is 48.9 Å². The molecule has 2 aliphatic heterocycles. The second kappa shape index (κ2) is 5.94. The fourth-order valence-corrected chi connectivity index (χ4v) is 3.85. The lowest BCUT2D eigenvalue weighted by molar-refractivity contribution is 0.173.